The second-order valence-corrected chi connectivity index (χ2v) is 8.03. The van der Waals surface area contributed by atoms with Gasteiger partial charge in [-0.2, -0.15) is 4.31 Å². The summed E-state index contributed by atoms with van der Waals surface area (Å²) in [4.78, 5) is 24.0. The van der Waals surface area contributed by atoms with E-state index in [4.69, 9.17) is 4.74 Å². The maximum atomic E-state index is 12.7. The van der Waals surface area contributed by atoms with Crippen molar-refractivity contribution in [1.29, 1.82) is 0 Å². The average molecular weight is 369 g/mol. The molecule has 2 aliphatic rings. The zero-order valence-electron chi connectivity index (χ0n) is 13.8. The lowest BCUT2D eigenvalue weighted by Crippen LogP contribution is -2.50. The highest BCUT2D eigenvalue weighted by Gasteiger charge is 2.37. The lowest BCUT2D eigenvalue weighted by Gasteiger charge is -2.34. The van der Waals surface area contributed by atoms with Crippen LogP contribution in [0.5, 0.6) is 5.75 Å². The van der Waals surface area contributed by atoms with Crippen molar-refractivity contribution < 1.29 is 22.9 Å². The summed E-state index contributed by atoms with van der Waals surface area (Å²) in [6.07, 6.45) is 1.82. The van der Waals surface area contributed by atoms with Crippen LogP contribution in [0.15, 0.2) is 23.1 Å². The van der Waals surface area contributed by atoms with Gasteiger partial charge in [0.1, 0.15) is 0 Å². The first-order valence-electron chi connectivity index (χ1n) is 7.96. The Balaban J connectivity index is 1.77. The number of hydrogen-bond donors (Lipinski definition) is 0. The summed E-state index contributed by atoms with van der Waals surface area (Å²) in [6.45, 7) is 1.04. The van der Waals surface area contributed by atoms with E-state index in [0.717, 1.165) is 18.9 Å². The van der Waals surface area contributed by atoms with Crippen LogP contribution in [0.3, 0.4) is 0 Å². The van der Waals surface area contributed by atoms with Crippen molar-refractivity contribution in [3.05, 3.63) is 28.3 Å². The molecule has 0 radical (unpaired) electrons. The van der Waals surface area contributed by atoms with Crippen molar-refractivity contribution in [3.8, 4) is 5.75 Å². The van der Waals surface area contributed by atoms with Gasteiger partial charge in [-0.1, -0.05) is 0 Å². The van der Waals surface area contributed by atoms with Gasteiger partial charge in [0, 0.05) is 38.2 Å². The standard InChI is InChI=1S/C15H19N3O6S/c1-24-14-5-4-12(10-13(14)18(20)21)25(22,23)17-8-6-16(7-9-17)15(19)11-2-3-11/h4-5,10-11H,2-3,6-9H2,1H3. The van der Waals surface area contributed by atoms with E-state index in [0.29, 0.717) is 13.1 Å². The van der Waals surface area contributed by atoms with Crippen LogP contribution in [0.2, 0.25) is 0 Å². The molecule has 2 fully saturated rings. The number of sulfonamides is 1. The Morgan fingerprint density at radius 1 is 1.24 bits per heavy atom. The second kappa shape index (κ2) is 6.60. The first kappa shape index (κ1) is 17.6. The van der Waals surface area contributed by atoms with Crippen LogP contribution in [-0.4, -0.2) is 61.7 Å². The fraction of sp³-hybridized carbons (Fsp3) is 0.533. The minimum Gasteiger partial charge on any atom is -0.490 e. The van der Waals surface area contributed by atoms with Gasteiger partial charge in [-0.05, 0) is 25.0 Å². The van der Waals surface area contributed by atoms with E-state index in [1.165, 1.54) is 23.5 Å². The quantitative estimate of drug-likeness (QED) is 0.562. The van der Waals surface area contributed by atoms with Gasteiger partial charge in [0.05, 0.1) is 16.9 Å². The predicted molar refractivity (Wildman–Crippen MR) is 87.7 cm³/mol. The number of carbonyl (C=O) groups is 1. The minimum atomic E-state index is -3.86. The van der Waals surface area contributed by atoms with Crippen LogP contribution < -0.4 is 4.74 Å². The van der Waals surface area contributed by atoms with E-state index in [9.17, 15) is 23.3 Å². The molecule has 25 heavy (non-hydrogen) atoms. The third-order valence-corrected chi connectivity index (χ3v) is 6.36. The van der Waals surface area contributed by atoms with Gasteiger partial charge in [-0.25, -0.2) is 8.42 Å². The van der Waals surface area contributed by atoms with Gasteiger partial charge < -0.3 is 9.64 Å². The molecule has 1 aromatic rings. The fourth-order valence-corrected chi connectivity index (χ4v) is 4.30. The fourth-order valence-electron chi connectivity index (χ4n) is 2.86. The summed E-state index contributed by atoms with van der Waals surface area (Å²) in [5.74, 6) is 0.202. The predicted octanol–water partition coefficient (Wildman–Crippen LogP) is 0.846. The Hall–Kier alpha value is -2.20. The number of amides is 1. The van der Waals surface area contributed by atoms with E-state index in [2.05, 4.69) is 0 Å². The number of nitro groups is 1. The zero-order chi connectivity index (χ0) is 18.2. The van der Waals surface area contributed by atoms with Crippen molar-refractivity contribution in [2.45, 2.75) is 17.7 Å². The maximum Gasteiger partial charge on any atom is 0.312 e. The van der Waals surface area contributed by atoms with Crippen molar-refractivity contribution in [1.82, 2.24) is 9.21 Å². The summed E-state index contributed by atoms with van der Waals surface area (Å²) in [7, 11) is -2.58. The Bertz CT molecular complexity index is 797. The number of nitrogens with zero attached hydrogens (tertiary/aromatic N) is 3. The number of benzene rings is 1. The molecule has 136 valence electrons. The molecule has 10 heteroatoms. The van der Waals surface area contributed by atoms with Gasteiger partial charge in [0.15, 0.2) is 5.75 Å². The summed E-state index contributed by atoms with van der Waals surface area (Å²) < 4.78 is 31.6. The number of methoxy groups -OCH3 is 1. The molecule has 1 aliphatic heterocycles. The zero-order valence-corrected chi connectivity index (χ0v) is 14.6. The SMILES string of the molecule is COc1ccc(S(=O)(=O)N2CCN(C(=O)C3CC3)CC2)cc1[N+](=O)[O-]. The van der Waals surface area contributed by atoms with Crippen LogP contribution in [0, 0.1) is 16.0 Å². The molecule has 1 saturated heterocycles. The highest BCUT2D eigenvalue weighted by Crippen LogP contribution is 2.33. The van der Waals surface area contributed by atoms with E-state index in [1.807, 2.05) is 0 Å². The Labute approximate surface area is 145 Å². The molecule has 0 atom stereocenters. The van der Waals surface area contributed by atoms with Gasteiger partial charge in [-0.3, -0.25) is 14.9 Å². The number of piperazine rings is 1. The molecule has 9 nitrogen and oxygen atoms in total. The van der Waals surface area contributed by atoms with Gasteiger partial charge >= 0.3 is 5.69 Å². The lowest BCUT2D eigenvalue weighted by molar-refractivity contribution is -0.386. The van der Waals surface area contributed by atoms with Gasteiger partial charge in [-0.15, -0.1) is 0 Å². The number of carbonyl (C=O) groups excluding carboxylic acids is 1. The molecule has 1 heterocycles. The smallest absolute Gasteiger partial charge is 0.312 e. The maximum absolute atomic E-state index is 12.7. The summed E-state index contributed by atoms with van der Waals surface area (Å²) in [6, 6.07) is 3.58. The Kier molecular flexibility index (Phi) is 4.65. The second-order valence-electron chi connectivity index (χ2n) is 6.09. The van der Waals surface area contributed by atoms with Crippen LogP contribution in [0.4, 0.5) is 5.69 Å². The molecule has 1 aliphatic carbocycles. The molecular formula is C15H19N3O6S. The van der Waals surface area contributed by atoms with Gasteiger partial charge in [0.25, 0.3) is 0 Å². The molecule has 1 saturated carbocycles. The van der Waals surface area contributed by atoms with E-state index in [1.54, 1.807) is 4.90 Å². The monoisotopic (exact) mass is 369 g/mol. The molecule has 1 aromatic carbocycles. The van der Waals surface area contributed by atoms with Gasteiger partial charge in [0.2, 0.25) is 15.9 Å². The molecule has 0 aromatic heterocycles. The highest BCUT2D eigenvalue weighted by molar-refractivity contribution is 7.89. The van der Waals surface area contributed by atoms with Crippen molar-refractivity contribution >= 4 is 21.6 Å². The largest absolute Gasteiger partial charge is 0.490 e. The van der Waals surface area contributed by atoms with Crippen molar-refractivity contribution in [2.75, 3.05) is 33.3 Å². The Morgan fingerprint density at radius 2 is 1.88 bits per heavy atom. The number of rotatable bonds is 5. The number of nitro benzene ring substituents is 1. The van der Waals surface area contributed by atoms with Crippen molar-refractivity contribution in [2.24, 2.45) is 5.92 Å². The lowest BCUT2D eigenvalue weighted by atomic mass is 10.3. The van der Waals surface area contributed by atoms with E-state index >= 15 is 0 Å². The number of ether oxygens (including phenoxy) is 1. The Morgan fingerprint density at radius 3 is 2.40 bits per heavy atom. The molecule has 0 unspecified atom stereocenters. The van der Waals surface area contributed by atoms with Crippen LogP contribution in [-0.2, 0) is 14.8 Å². The molecular weight excluding hydrogens is 350 g/mol. The molecule has 0 spiro atoms. The topological polar surface area (TPSA) is 110 Å². The third kappa shape index (κ3) is 3.45. The van der Waals surface area contributed by atoms with Crippen LogP contribution in [0.1, 0.15) is 12.8 Å². The third-order valence-electron chi connectivity index (χ3n) is 4.46. The minimum absolute atomic E-state index is 0.00352. The normalized spacial score (nSPS) is 18.8. The molecule has 0 bridgehead atoms. The van der Waals surface area contributed by atoms with Crippen LogP contribution in [0.25, 0.3) is 0 Å². The molecule has 1 amide bonds. The molecule has 3 rings (SSSR count). The first-order valence-corrected chi connectivity index (χ1v) is 9.40. The van der Waals surface area contributed by atoms with Crippen LogP contribution >= 0.6 is 0 Å². The van der Waals surface area contributed by atoms with E-state index < -0.39 is 20.6 Å². The highest BCUT2D eigenvalue weighted by atomic mass is 32.2. The van der Waals surface area contributed by atoms with E-state index in [-0.39, 0.29) is 35.6 Å². The first-order chi connectivity index (χ1) is 11.8. The summed E-state index contributed by atoms with van der Waals surface area (Å²) >= 11 is 0. The molecule has 0 N–H and O–H groups in total. The summed E-state index contributed by atoms with van der Waals surface area (Å²) in [5.41, 5.74) is -0.397. The van der Waals surface area contributed by atoms with Crippen molar-refractivity contribution in [3.63, 3.8) is 0 Å². The number of hydrogen-bond acceptors (Lipinski definition) is 6. The average Bonchev–Trinajstić information content (AvgIpc) is 3.45. The summed E-state index contributed by atoms with van der Waals surface area (Å²) in [5, 5.41) is 11.1.